The molecular weight excluding hydrogens is 248 g/mol. The molecule has 0 aliphatic carbocycles. The Kier molecular flexibility index (Phi) is 2.14. The van der Waals surface area contributed by atoms with Gasteiger partial charge >= 0.3 is 0 Å². The number of halogens is 1. The molecule has 0 amide bonds. The van der Waals surface area contributed by atoms with E-state index in [0.717, 1.165) is 10.2 Å². The fourth-order valence-corrected chi connectivity index (χ4v) is 1.62. The van der Waals surface area contributed by atoms with Gasteiger partial charge in [-0.25, -0.2) is 0 Å². The number of hydrogen-bond donors (Lipinski definition) is 0. The average Bonchev–Trinajstić information content (AvgIpc) is 2.66. The molecule has 0 aromatic carbocycles. The Balaban J connectivity index is 2.57. The number of aromatic nitrogens is 4. The van der Waals surface area contributed by atoms with Crippen molar-refractivity contribution in [2.45, 2.75) is 13.8 Å². The lowest BCUT2D eigenvalue weighted by molar-refractivity contribution is 0.529. The van der Waals surface area contributed by atoms with Crippen LogP contribution in [0.1, 0.15) is 11.6 Å². The molecule has 0 saturated carbocycles. The summed E-state index contributed by atoms with van der Waals surface area (Å²) in [5.74, 6) is 0.980. The third-order valence-corrected chi connectivity index (χ3v) is 2.94. The van der Waals surface area contributed by atoms with Gasteiger partial charge in [0, 0.05) is 14.0 Å². The number of aryl methyl sites for hydroxylation is 2. The second-order valence-electron chi connectivity index (χ2n) is 3.00. The summed E-state index contributed by atoms with van der Waals surface area (Å²) in [7, 11) is 1.87. The van der Waals surface area contributed by atoms with Crippen LogP contribution >= 0.6 is 15.9 Å². The molecule has 0 aliphatic rings. The van der Waals surface area contributed by atoms with E-state index in [2.05, 4.69) is 31.2 Å². The van der Waals surface area contributed by atoms with E-state index in [4.69, 9.17) is 4.42 Å². The van der Waals surface area contributed by atoms with E-state index in [0.29, 0.717) is 17.5 Å². The summed E-state index contributed by atoms with van der Waals surface area (Å²) in [6.45, 7) is 3.71. The van der Waals surface area contributed by atoms with Crippen molar-refractivity contribution in [3.05, 3.63) is 16.1 Å². The van der Waals surface area contributed by atoms with Crippen molar-refractivity contribution >= 4 is 15.9 Å². The zero-order chi connectivity index (χ0) is 10.3. The topological polar surface area (TPSA) is 56.7 Å². The summed E-state index contributed by atoms with van der Waals surface area (Å²) < 4.78 is 7.95. The van der Waals surface area contributed by atoms with E-state index in [9.17, 15) is 0 Å². The zero-order valence-corrected chi connectivity index (χ0v) is 9.66. The Morgan fingerprint density at radius 1 is 1.29 bits per heavy atom. The lowest BCUT2D eigenvalue weighted by Crippen LogP contribution is -1.92. The molecule has 0 aliphatic heterocycles. The molecule has 2 aromatic rings. The highest BCUT2D eigenvalue weighted by Crippen LogP contribution is 2.28. The minimum absolute atomic E-state index is 0.443. The van der Waals surface area contributed by atoms with Crippen LogP contribution in [0, 0.1) is 13.8 Å². The summed E-state index contributed by atoms with van der Waals surface area (Å²) >= 11 is 3.44. The van der Waals surface area contributed by atoms with E-state index in [1.807, 2.05) is 14.0 Å². The van der Waals surface area contributed by atoms with Crippen LogP contribution in [0.5, 0.6) is 0 Å². The van der Waals surface area contributed by atoms with Crippen molar-refractivity contribution in [1.82, 2.24) is 20.0 Å². The summed E-state index contributed by atoms with van der Waals surface area (Å²) in [6.07, 6.45) is 0. The average molecular weight is 257 g/mol. The van der Waals surface area contributed by atoms with Crippen LogP contribution in [-0.2, 0) is 7.05 Å². The highest BCUT2D eigenvalue weighted by molar-refractivity contribution is 9.10. The molecule has 74 valence electrons. The van der Waals surface area contributed by atoms with Gasteiger partial charge in [-0.1, -0.05) is 0 Å². The molecule has 0 bridgehead atoms. The molecule has 5 nitrogen and oxygen atoms in total. The molecule has 2 heterocycles. The van der Waals surface area contributed by atoms with Crippen LogP contribution in [0.25, 0.3) is 11.6 Å². The van der Waals surface area contributed by atoms with Gasteiger partial charge in [-0.15, -0.1) is 10.2 Å². The monoisotopic (exact) mass is 256 g/mol. The molecule has 6 heteroatoms. The Morgan fingerprint density at radius 3 is 2.43 bits per heavy atom. The van der Waals surface area contributed by atoms with Gasteiger partial charge in [0.2, 0.25) is 5.89 Å². The summed E-state index contributed by atoms with van der Waals surface area (Å²) in [5, 5.41) is 11.9. The van der Waals surface area contributed by atoms with Crippen molar-refractivity contribution in [1.29, 1.82) is 0 Å². The standard InChI is InChI=1S/C8H9BrN4O/c1-4-6(9)7(12-13(4)3)8-11-10-5(2)14-8/h1-3H3. The van der Waals surface area contributed by atoms with E-state index < -0.39 is 0 Å². The number of nitrogens with zero attached hydrogens (tertiary/aromatic N) is 4. The van der Waals surface area contributed by atoms with Gasteiger partial charge in [0.25, 0.3) is 5.89 Å². The molecular formula is C8H9BrN4O. The largest absolute Gasteiger partial charge is 0.420 e. The lowest BCUT2D eigenvalue weighted by Gasteiger charge is -1.89. The lowest BCUT2D eigenvalue weighted by atomic mass is 10.4. The molecule has 0 fully saturated rings. The Morgan fingerprint density at radius 2 is 2.00 bits per heavy atom. The molecule has 2 rings (SSSR count). The summed E-state index contributed by atoms with van der Waals surface area (Å²) in [5.41, 5.74) is 1.71. The summed E-state index contributed by atoms with van der Waals surface area (Å²) in [6, 6.07) is 0. The van der Waals surface area contributed by atoms with Crippen molar-refractivity contribution in [3.8, 4) is 11.6 Å². The van der Waals surface area contributed by atoms with Gasteiger partial charge < -0.3 is 4.42 Å². The summed E-state index contributed by atoms with van der Waals surface area (Å²) in [4.78, 5) is 0. The van der Waals surface area contributed by atoms with Gasteiger partial charge in [-0.3, -0.25) is 4.68 Å². The number of rotatable bonds is 1. The van der Waals surface area contributed by atoms with Crippen LogP contribution in [0.15, 0.2) is 8.89 Å². The van der Waals surface area contributed by atoms with Gasteiger partial charge in [-0.2, -0.15) is 5.10 Å². The van der Waals surface area contributed by atoms with Crippen molar-refractivity contribution in [2.75, 3.05) is 0 Å². The van der Waals surface area contributed by atoms with Gasteiger partial charge in [0.1, 0.15) is 0 Å². The predicted molar refractivity (Wildman–Crippen MR) is 53.7 cm³/mol. The maximum absolute atomic E-state index is 5.29. The highest BCUT2D eigenvalue weighted by Gasteiger charge is 2.16. The van der Waals surface area contributed by atoms with Crippen LogP contribution in [-0.4, -0.2) is 20.0 Å². The van der Waals surface area contributed by atoms with Gasteiger partial charge in [0.15, 0.2) is 5.69 Å². The second kappa shape index (κ2) is 3.20. The van der Waals surface area contributed by atoms with Crippen LogP contribution in [0.3, 0.4) is 0 Å². The second-order valence-corrected chi connectivity index (χ2v) is 3.79. The quantitative estimate of drug-likeness (QED) is 0.782. The molecule has 0 N–H and O–H groups in total. The molecule has 2 aromatic heterocycles. The Labute approximate surface area is 89.3 Å². The first kappa shape index (κ1) is 9.39. The molecule has 0 spiro atoms. The van der Waals surface area contributed by atoms with Crippen LogP contribution in [0.2, 0.25) is 0 Å². The molecule has 0 radical (unpaired) electrons. The predicted octanol–water partition coefficient (Wildman–Crippen LogP) is 1.85. The zero-order valence-electron chi connectivity index (χ0n) is 8.08. The van der Waals surface area contributed by atoms with Crippen LogP contribution in [0.4, 0.5) is 0 Å². The van der Waals surface area contributed by atoms with E-state index >= 15 is 0 Å². The minimum atomic E-state index is 0.443. The fraction of sp³-hybridized carbons (Fsp3) is 0.375. The molecule has 0 unspecified atom stereocenters. The third-order valence-electron chi connectivity index (χ3n) is 1.99. The Bertz CT molecular complexity index is 474. The maximum Gasteiger partial charge on any atom is 0.269 e. The minimum Gasteiger partial charge on any atom is -0.420 e. The first-order valence-corrected chi connectivity index (χ1v) is 4.88. The normalized spacial score (nSPS) is 10.9. The smallest absolute Gasteiger partial charge is 0.269 e. The third kappa shape index (κ3) is 1.35. The molecule has 0 atom stereocenters. The van der Waals surface area contributed by atoms with Crippen molar-refractivity contribution in [3.63, 3.8) is 0 Å². The Hall–Kier alpha value is -1.17. The molecule has 0 saturated heterocycles. The fourth-order valence-electron chi connectivity index (χ4n) is 1.11. The van der Waals surface area contributed by atoms with Crippen molar-refractivity contribution in [2.24, 2.45) is 7.05 Å². The van der Waals surface area contributed by atoms with Crippen molar-refractivity contribution < 1.29 is 4.42 Å². The van der Waals surface area contributed by atoms with E-state index in [-0.39, 0.29) is 0 Å². The first-order valence-electron chi connectivity index (χ1n) is 4.09. The SMILES string of the molecule is Cc1nnc(-c2nn(C)c(C)c2Br)o1. The highest BCUT2D eigenvalue weighted by atomic mass is 79.9. The van der Waals surface area contributed by atoms with Gasteiger partial charge in [-0.05, 0) is 22.9 Å². The van der Waals surface area contributed by atoms with E-state index in [1.54, 1.807) is 11.6 Å². The number of hydrogen-bond acceptors (Lipinski definition) is 4. The first-order chi connectivity index (χ1) is 6.59. The molecule has 14 heavy (non-hydrogen) atoms. The maximum atomic E-state index is 5.29. The van der Waals surface area contributed by atoms with E-state index in [1.165, 1.54) is 0 Å². The van der Waals surface area contributed by atoms with Gasteiger partial charge in [0.05, 0.1) is 10.2 Å². The van der Waals surface area contributed by atoms with Crippen LogP contribution < -0.4 is 0 Å².